The van der Waals surface area contributed by atoms with Gasteiger partial charge in [0, 0.05) is 35.4 Å². The first-order valence-electron chi connectivity index (χ1n) is 9.36. The minimum absolute atomic E-state index is 0.416. The van der Waals surface area contributed by atoms with Crippen molar-refractivity contribution < 1.29 is 4.74 Å². The molecule has 144 valence electrons. The van der Waals surface area contributed by atoms with Gasteiger partial charge >= 0.3 is 0 Å². The molecule has 0 radical (unpaired) electrons. The van der Waals surface area contributed by atoms with Gasteiger partial charge in [0.1, 0.15) is 5.75 Å². The zero-order valence-corrected chi connectivity index (χ0v) is 16.9. The minimum atomic E-state index is 0.416. The number of rotatable bonds is 4. The fraction of sp³-hybridized carbons (Fsp3) is 0.429. The average Bonchev–Trinajstić information content (AvgIpc) is 2.69. The molecule has 0 amide bonds. The fourth-order valence-electron chi connectivity index (χ4n) is 3.56. The molecule has 27 heavy (non-hydrogen) atoms. The maximum absolute atomic E-state index is 5.94. The molecular weight excluding hydrogens is 360 g/mol. The largest absolute Gasteiger partial charge is 0.495 e. The number of anilines is 1. The molecule has 1 aromatic carbocycles. The number of pyridine rings is 1. The predicted octanol–water partition coefficient (Wildman–Crippen LogP) is 4.77. The normalized spacial score (nSPS) is 20.2. The number of aliphatic imine (C=N–C) groups is 1. The van der Waals surface area contributed by atoms with Crippen LogP contribution < -0.4 is 15.4 Å². The van der Waals surface area contributed by atoms with E-state index in [0.717, 1.165) is 53.8 Å². The molecule has 1 aromatic heterocycles. The highest BCUT2D eigenvalue weighted by atomic mass is 35.5. The number of nitrogens with one attached hydrogen (secondary N) is 2. The van der Waals surface area contributed by atoms with E-state index in [4.69, 9.17) is 21.3 Å². The summed E-state index contributed by atoms with van der Waals surface area (Å²) in [6.45, 7) is 2.00. The van der Waals surface area contributed by atoms with Crippen LogP contribution in [-0.4, -0.2) is 31.1 Å². The Labute approximate surface area is 166 Å². The van der Waals surface area contributed by atoms with Gasteiger partial charge in [0.15, 0.2) is 5.96 Å². The molecular formula is C21H27ClN4O. The first-order valence-corrected chi connectivity index (χ1v) is 9.74. The van der Waals surface area contributed by atoms with Crippen LogP contribution in [0.25, 0.3) is 0 Å². The summed E-state index contributed by atoms with van der Waals surface area (Å²) in [6, 6.07) is 12.2. The van der Waals surface area contributed by atoms with Gasteiger partial charge in [-0.2, -0.15) is 0 Å². The van der Waals surface area contributed by atoms with Crippen LogP contribution >= 0.6 is 11.6 Å². The molecule has 1 aliphatic rings. The van der Waals surface area contributed by atoms with Crippen molar-refractivity contribution in [1.29, 1.82) is 0 Å². The quantitative estimate of drug-likeness (QED) is 0.587. The second kappa shape index (κ2) is 9.09. The van der Waals surface area contributed by atoms with Crippen LogP contribution in [0.4, 0.5) is 5.69 Å². The van der Waals surface area contributed by atoms with Crippen LogP contribution in [0.15, 0.2) is 41.4 Å². The van der Waals surface area contributed by atoms with E-state index in [1.807, 2.05) is 37.3 Å². The minimum Gasteiger partial charge on any atom is -0.495 e. The third kappa shape index (κ3) is 5.13. The molecule has 0 spiro atoms. The Bertz CT molecular complexity index is 783. The lowest BCUT2D eigenvalue weighted by atomic mass is 9.84. The van der Waals surface area contributed by atoms with Gasteiger partial charge in [0.05, 0.1) is 12.8 Å². The fourth-order valence-corrected chi connectivity index (χ4v) is 3.69. The molecule has 1 heterocycles. The lowest BCUT2D eigenvalue weighted by Gasteiger charge is -2.30. The Morgan fingerprint density at radius 2 is 1.81 bits per heavy atom. The van der Waals surface area contributed by atoms with Gasteiger partial charge in [-0.3, -0.25) is 9.98 Å². The van der Waals surface area contributed by atoms with Crippen molar-refractivity contribution in [2.24, 2.45) is 4.99 Å². The smallest absolute Gasteiger partial charge is 0.195 e. The summed E-state index contributed by atoms with van der Waals surface area (Å²) in [4.78, 5) is 9.08. The number of benzene rings is 1. The molecule has 0 atom stereocenters. The second-order valence-corrected chi connectivity index (χ2v) is 7.36. The second-order valence-electron chi connectivity index (χ2n) is 6.92. The predicted molar refractivity (Wildman–Crippen MR) is 112 cm³/mol. The Morgan fingerprint density at radius 3 is 2.41 bits per heavy atom. The molecule has 0 aliphatic heterocycles. The molecule has 0 bridgehead atoms. The van der Waals surface area contributed by atoms with E-state index in [0.29, 0.717) is 12.0 Å². The third-order valence-corrected chi connectivity index (χ3v) is 5.35. The molecule has 5 nitrogen and oxygen atoms in total. The van der Waals surface area contributed by atoms with E-state index in [1.165, 1.54) is 5.69 Å². The van der Waals surface area contributed by atoms with Gasteiger partial charge in [-0.15, -0.1) is 0 Å². The summed E-state index contributed by atoms with van der Waals surface area (Å²) >= 11 is 5.94. The highest BCUT2D eigenvalue weighted by Crippen LogP contribution is 2.33. The highest BCUT2D eigenvalue weighted by molar-refractivity contribution is 6.30. The number of aryl methyl sites for hydroxylation is 1. The number of methoxy groups -OCH3 is 1. The maximum atomic E-state index is 5.94. The van der Waals surface area contributed by atoms with Crippen LogP contribution in [0, 0.1) is 6.92 Å². The number of guanidine groups is 1. The number of hydrogen-bond acceptors (Lipinski definition) is 3. The standard InChI is InChI=1S/C21H27ClN4O/c1-14-20(27-3)13-12-19(24-14)15-4-8-17(9-5-15)25-21(23-2)26-18-10-6-16(22)7-11-18/h6-7,10-13,15,17H,4-5,8-9H2,1-3H3,(H2,23,25,26). The summed E-state index contributed by atoms with van der Waals surface area (Å²) in [5.41, 5.74) is 3.11. The van der Waals surface area contributed by atoms with Crippen LogP contribution in [0.3, 0.4) is 0 Å². The van der Waals surface area contributed by atoms with Gasteiger partial charge in [-0.05, 0) is 69.0 Å². The zero-order chi connectivity index (χ0) is 19.2. The molecule has 6 heteroatoms. The Balaban J connectivity index is 1.53. The van der Waals surface area contributed by atoms with Crippen LogP contribution in [0.1, 0.15) is 43.0 Å². The molecule has 2 aromatic rings. The summed E-state index contributed by atoms with van der Waals surface area (Å²) in [7, 11) is 3.48. The van der Waals surface area contributed by atoms with Crippen molar-refractivity contribution in [2.75, 3.05) is 19.5 Å². The maximum Gasteiger partial charge on any atom is 0.195 e. The van der Waals surface area contributed by atoms with Gasteiger partial charge < -0.3 is 15.4 Å². The van der Waals surface area contributed by atoms with Crippen molar-refractivity contribution >= 4 is 23.2 Å². The van der Waals surface area contributed by atoms with Crippen LogP contribution in [0.2, 0.25) is 5.02 Å². The molecule has 3 rings (SSSR count). The molecule has 1 aliphatic carbocycles. The summed E-state index contributed by atoms with van der Waals surface area (Å²) < 4.78 is 5.32. The van der Waals surface area contributed by atoms with Gasteiger partial charge in [-0.1, -0.05) is 11.6 Å². The number of ether oxygens (including phenoxy) is 1. The molecule has 0 unspecified atom stereocenters. The average molecular weight is 387 g/mol. The van der Waals surface area contributed by atoms with E-state index in [2.05, 4.69) is 21.7 Å². The molecule has 2 N–H and O–H groups in total. The van der Waals surface area contributed by atoms with Crippen LogP contribution in [-0.2, 0) is 0 Å². The lowest BCUT2D eigenvalue weighted by molar-refractivity contribution is 0.367. The SMILES string of the molecule is CN=C(Nc1ccc(Cl)cc1)NC1CCC(c2ccc(OC)c(C)n2)CC1. The van der Waals surface area contributed by atoms with E-state index < -0.39 is 0 Å². The Kier molecular flexibility index (Phi) is 6.56. The van der Waals surface area contributed by atoms with Crippen molar-refractivity contribution in [3.8, 4) is 5.75 Å². The zero-order valence-electron chi connectivity index (χ0n) is 16.1. The van der Waals surface area contributed by atoms with Crippen LogP contribution in [0.5, 0.6) is 5.75 Å². The lowest BCUT2D eigenvalue weighted by Crippen LogP contribution is -2.41. The Morgan fingerprint density at radius 1 is 1.11 bits per heavy atom. The van der Waals surface area contributed by atoms with Crippen molar-refractivity contribution in [3.05, 3.63) is 52.8 Å². The third-order valence-electron chi connectivity index (χ3n) is 5.10. The van der Waals surface area contributed by atoms with E-state index in [1.54, 1.807) is 14.2 Å². The summed E-state index contributed by atoms with van der Waals surface area (Å²) in [5.74, 6) is 2.16. The highest BCUT2D eigenvalue weighted by Gasteiger charge is 2.24. The van der Waals surface area contributed by atoms with Crippen molar-refractivity contribution in [1.82, 2.24) is 10.3 Å². The molecule has 0 saturated heterocycles. The topological polar surface area (TPSA) is 58.5 Å². The number of nitrogens with zero attached hydrogens (tertiary/aromatic N) is 2. The Hall–Kier alpha value is -2.27. The first kappa shape index (κ1) is 19.5. The number of halogens is 1. The van der Waals surface area contributed by atoms with Gasteiger partial charge in [0.25, 0.3) is 0 Å². The summed E-state index contributed by atoms with van der Waals surface area (Å²) in [6.07, 6.45) is 4.43. The monoisotopic (exact) mass is 386 g/mol. The molecule has 1 fully saturated rings. The molecule has 1 saturated carbocycles. The van der Waals surface area contributed by atoms with Gasteiger partial charge in [0.2, 0.25) is 0 Å². The van der Waals surface area contributed by atoms with E-state index in [-0.39, 0.29) is 0 Å². The summed E-state index contributed by atoms with van der Waals surface area (Å²) in [5, 5.41) is 7.58. The van der Waals surface area contributed by atoms with Crippen molar-refractivity contribution in [3.63, 3.8) is 0 Å². The van der Waals surface area contributed by atoms with E-state index >= 15 is 0 Å². The van der Waals surface area contributed by atoms with Crippen molar-refractivity contribution in [2.45, 2.75) is 44.6 Å². The number of aromatic nitrogens is 1. The van der Waals surface area contributed by atoms with Gasteiger partial charge in [-0.25, -0.2) is 0 Å². The van der Waals surface area contributed by atoms with E-state index in [9.17, 15) is 0 Å². The first-order chi connectivity index (χ1) is 13.1. The number of hydrogen-bond donors (Lipinski definition) is 2.